The van der Waals surface area contributed by atoms with Crippen LogP contribution in [-0.4, -0.2) is 23.2 Å². The average Bonchev–Trinajstić information content (AvgIpc) is 2.55. The van der Waals surface area contributed by atoms with Gasteiger partial charge in [-0.2, -0.15) is 0 Å². The predicted octanol–water partition coefficient (Wildman–Crippen LogP) is 2.26. The maximum atomic E-state index is 12.8. The van der Waals surface area contributed by atoms with E-state index >= 15 is 0 Å². The van der Waals surface area contributed by atoms with Crippen LogP contribution in [0.3, 0.4) is 0 Å². The van der Waals surface area contributed by atoms with Crippen LogP contribution in [-0.2, 0) is 10.8 Å². The van der Waals surface area contributed by atoms with Gasteiger partial charge in [0.25, 0.3) is 0 Å². The molecule has 4 nitrogen and oxygen atoms in total. The molecular weight excluding hydrogens is 286 g/mol. The Hall–Kier alpha value is -1.85. The van der Waals surface area contributed by atoms with E-state index in [2.05, 4.69) is 0 Å². The van der Waals surface area contributed by atoms with Gasteiger partial charge in [-0.05, 0) is 24.3 Å². The fraction of sp³-hybridized carbons (Fsp3) is 0.250. The summed E-state index contributed by atoms with van der Waals surface area (Å²) in [5.74, 6) is 1.47. The molecule has 0 aromatic heterocycles. The zero-order valence-electron chi connectivity index (χ0n) is 11.7. The molecule has 0 fully saturated rings. The van der Waals surface area contributed by atoms with Gasteiger partial charge in [0.1, 0.15) is 18.1 Å². The Morgan fingerprint density at radius 3 is 2.86 bits per heavy atom. The lowest BCUT2D eigenvalue weighted by Crippen LogP contribution is -2.39. The summed E-state index contributed by atoms with van der Waals surface area (Å²) in [5, 5.41) is -0.271. The third-order valence-electron chi connectivity index (χ3n) is 3.63. The first-order valence-electron chi connectivity index (χ1n) is 6.72. The number of methoxy groups -OCH3 is 1. The molecule has 1 aliphatic heterocycles. The third kappa shape index (κ3) is 2.66. The summed E-state index contributed by atoms with van der Waals surface area (Å²) in [6.45, 7) is 0.349. The molecule has 1 aliphatic rings. The van der Waals surface area contributed by atoms with Gasteiger partial charge in [0.2, 0.25) is 0 Å². The van der Waals surface area contributed by atoms with Gasteiger partial charge in [-0.1, -0.05) is 24.3 Å². The summed E-state index contributed by atoms with van der Waals surface area (Å²) in [6, 6.07) is 14.6. The predicted molar refractivity (Wildman–Crippen MR) is 82.1 cm³/mol. The van der Waals surface area contributed by atoms with Crippen LogP contribution < -0.4 is 15.2 Å². The van der Waals surface area contributed by atoms with Crippen LogP contribution in [0, 0.1) is 0 Å². The molecule has 21 heavy (non-hydrogen) atoms. The van der Waals surface area contributed by atoms with E-state index in [-0.39, 0.29) is 11.3 Å². The highest BCUT2D eigenvalue weighted by molar-refractivity contribution is 7.85. The van der Waals surface area contributed by atoms with E-state index in [1.165, 1.54) is 0 Å². The Bertz CT molecular complexity index is 674. The van der Waals surface area contributed by atoms with Crippen LogP contribution in [0.1, 0.15) is 11.6 Å². The molecule has 0 saturated carbocycles. The number of benzene rings is 2. The standard InChI is InChI=1S/C16H17NO3S/c1-19-11-5-4-6-12(9-11)21(18)15-10-20-14-8-3-2-7-13(14)16(15)17/h2-9,15-16H,10,17H2,1H3. The lowest BCUT2D eigenvalue weighted by atomic mass is 10.0. The second-order valence-electron chi connectivity index (χ2n) is 4.89. The second kappa shape index (κ2) is 5.87. The molecule has 3 atom stereocenters. The number of nitrogens with two attached hydrogens (primary N) is 1. The lowest BCUT2D eigenvalue weighted by molar-refractivity contribution is 0.273. The minimum Gasteiger partial charge on any atom is -0.497 e. The minimum absolute atomic E-state index is 0.271. The molecule has 2 aromatic rings. The number of fused-ring (bicyclic) bond motifs is 1. The topological polar surface area (TPSA) is 61.5 Å². The summed E-state index contributed by atoms with van der Waals surface area (Å²) in [5.41, 5.74) is 7.20. The van der Waals surface area contributed by atoms with Crippen molar-refractivity contribution in [2.75, 3.05) is 13.7 Å². The summed E-state index contributed by atoms with van der Waals surface area (Å²) >= 11 is 0. The molecule has 5 heteroatoms. The minimum atomic E-state index is -1.25. The zero-order valence-corrected chi connectivity index (χ0v) is 12.5. The van der Waals surface area contributed by atoms with Gasteiger partial charge in [0, 0.05) is 10.5 Å². The van der Waals surface area contributed by atoms with Crippen molar-refractivity contribution in [3.05, 3.63) is 54.1 Å². The van der Waals surface area contributed by atoms with E-state index in [9.17, 15) is 4.21 Å². The quantitative estimate of drug-likeness (QED) is 0.945. The Labute approximate surface area is 126 Å². The van der Waals surface area contributed by atoms with Crippen LogP contribution in [0.25, 0.3) is 0 Å². The second-order valence-corrected chi connectivity index (χ2v) is 6.56. The number of hydrogen-bond acceptors (Lipinski definition) is 4. The van der Waals surface area contributed by atoms with E-state index in [0.717, 1.165) is 11.3 Å². The van der Waals surface area contributed by atoms with Crippen molar-refractivity contribution >= 4 is 10.8 Å². The summed E-state index contributed by atoms with van der Waals surface area (Å²) < 4.78 is 23.7. The van der Waals surface area contributed by atoms with Gasteiger partial charge in [-0.15, -0.1) is 0 Å². The molecule has 110 valence electrons. The molecule has 3 unspecified atom stereocenters. The molecule has 0 spiro atoms. The Kier molecular flexibility index (Phi) is 3.94. The van der Waals surface area contributed by atoms with Gasteiger partial charge in [0.05, 0.1) is 29.2 Å². The van der Waals surface area contributed by atoms with Crippen molar-refractivity contribution in [1.82, 2.24) is 0 Å². The first-order valence-corrected chi connectivity index (χ1v) is 7.94. The Balaban J connectivity index is 1.89. The third-order valence-corrected chi connectivity index (χ3v) is 5.33. The number of rotatable bonds is 3. The van der Waals surface area contributed by atoms with Crippen molar-refractivity contribution in [3.63, 3.8) is 0 Å². The Morgan fingerprint density at radius 2 is 2.05 bits per heavy atom. The number of para-hydroxylation sites is 1. The van der Waals surface area contributed by atoms with Crippen molar-refractivity contribution < 1.29 is 13.7 Å². The molecule has 2 aromatic carbocycles. The molecule has 0 amide bonds. The summed E-state index contributed by atoms with van der Waals surface area (Å²) in [7, 11) is 0.342. The lowest BCUT2D eigenvalue weighted by Gasteiger charge is -2.30. The van der Waals surface area contributed by atoms with Crippen LogP contribution in [0.4, 0.5) is 0 Å². The van der Waals surface area contributed by atoms with Gasteiger partial charge >= 0.3 is 0 Å². The molecule has 0 saturated heterocycles. The highest BCUT2D eigenvalue weighted by Gasteiger charge is 2.33. The first kappa shape index (κ1) is 14.1. The smallest absolute Gasteiger partial charge is 0.124 e. The van der Waals surface area contributed by atoms with Crippen molar-refractivity contribution in [2.24, 2.45) is 5.73 Å². The molecule has 1 heterocycles. The van der Waals surface area contributed by atoms with Crippen molar-refractivity contribution in [3.8, 4) is 11.5 Å². The maximum Gasteiger partial charge on any atom is 0.124 e. The number of hydrogen-bond donors (Lipinski definition) is 1. The SMILES string of the molecule is COc1cccc(S(=O)C2COc3ccccc3C2N)c1. The highest BCUT2D eigenvalue weighted by Crippen LogP contribution is 2.34. The summed E-state index contributed by atoms with van der Waals surface area (Å²) in [4.78, 5) is 0.706. The van der Waals surface area contributed by atoms with Crippen LogP contribution in [0.15, 0.2) is 53.4 Å². The molecule has 3 rings (SSSR count). The van der Waals surface area contributed by atoms with E-state index < -0.39 is 10.8 Å². The van der Waals surface area contributed by atoms with Gasteiger partial charge < -0.3 is 15.2 Å². The number of ether oxygens (including phenoxy) is 2. The van der Waals surface area contributed by atoms with Crippen LogP contribution in [0.2, 0.25) is 0 Å². The molecule has 0 aliphatic carbocycles. The average molecular weight is 303 g/mol. The highest BCUT2D eigenvalue weighted by atomic mass is 32.2. The monoisotopic (exact) mass is 303 g/mol. The Morgan fingerprint density at radius 1 is 1.24 bits per heavy atom. The summed E-state index contributed by atoms with van der Waals surface area (Å²) in [6.07, 6.45) is 0. The fourth-order valence-electron chi connectivity index (χ4n) is 2.46. The van der Waals surface area contributed by atoms with E-state index in [0.29, 0.717) is 17.3 Å². The van der Waals surface area contributed by atoms with Crippen LogP contribution in [0.5, 0.6) is 11.5 Å². The van der Waals surface area contributed by atoms with Gasteiger partial charge in [-0.25, -0.2) is 0 Å². The van der Waals surface area contributed by atoms with Gasteiger partial charge in [0.15, 0.2) is 0 Å². The maximum absolute atomic E-state index is 12.8. The van der Waals surface area contributed by atoms with Gasteiger partial charge in [-0.3, -0.25) is 4.21 Å². The van der Waals surface area contributed by atoms with Crippen molar-refractivity contribution in [2.45, 2.75) is 16.2 Å². The zero-order chi connectivity index (χ0) is 14.8. The normalized spacial score (nSPS) is 22.0. The first-order chi connectivity index (χ1) is 10.2. The van der Waals surface area contributed by atoms with E-state index in [1.807, 2.05) is 42.5 Å². The van der Waals surface area contributed by atoms with Crippen LogP contribution >= 0.6 is 0 Å². The van der Waals surface area contributed by atoms with E-state index in [1.54, 1.807) is 13.2 Å². The molecule has 2 N–H and O–H groups in total. The van der Waals surface area contributed by atoms with Crippen molar-refractivity contribution in [1.29, 1.82) is 0 Å². The molecule has 0 radical (unpaired) electrons. The molecule has 0 bridgehead atoms. The molecular formula is C16H17NO3S. The largest absolute Gasteiger partial charge is 0.497 e. The van der Waals surface area contributed by atoms with E-state index in [4.69, 9.17) is 15.2 Å². The fourth-order valence-corrected chi connectivity index (χ4v) is 3.86.